The van der Waals surface area contributed by atoms with Crippen LogP contribution in [-0.2, 0) is 7.05 Å². The van der Waals surface area contributed by atoms with Crippen LogP contribution in [0, 0.1) is 5.21 Å². The second-order valence-corrected chi connectivity index (χ2v) is 8.42. The molecule has 1 unspecified atom stereocenters. The zero-order valence-corrected chi connectivity index (χ0v) is 19.2. The maximum Gasteiger partial charge on any atom is 0.265 e. The van der Waals surface area contributed by atoms with Gasteiger partial charge >= 0.3 is 0 Å². The third-order valence-corrected chi connectivity index (χ3v) is 6.22. The number of aromatic nitrogens is 1. The number of anilines is 1. The molecule has 1 aliphatic heterocycles. The number of quaternary nitrogens is 1. The van der Waals surface area contributed by atoms with Crippen molar-refractivity contribution in [2.75, 3.05) is 12.1 Å². The van der Waals surface area contributed by atoms with Gasteiger partial charge in [-0.1, -0.05) is 18.2 Å². The lowest BCUT2D eigenvalue weighted by molar-refractivity contribution is -0.991. The number of pyridine rings is 1. The van der Waals surface area contributed by atoms with Crippen molar-refractivity contribution >= 4 is 28.1 Å². The van der Waals surface area contributed by atoms with Gasteiger partial charge in [-0.05, 0) is 42.0 Å². The summed E-state index contributed by atoms with van der Waals surface area (Å²) in [5.74, 6) is 0.207. The van der Waals surface area contributed by atoms with Crippen LogP contribution >= 0.6 is 0 Å². The average Bonchev–Trinajstić information content (AvgIpc) is 3.35. The van der Waals surface area contributed by atoms with Crippen molar-refractivity contribution in [3.8, 4) is 17.2 Å². The molecule has 4 N–H and O–H groups in total. The molecule has 1 aliphatic rings. The van der Waals surface area contributed by atoms with E-state index in [1.807, 2.05) is 0 Å². The van der Waals surface area contributed by atoms with E-state index in [-0.39, 0.29) is 30.2 Å². The molecule has 0 saturated heterocycles. The maximum atomic E-state index is 13.5. The molecule has 0 saturated carbocycles. The fraction of sp³-hybridized carbons (Fsp3) is 0.154. The summed E-state index contributed by atoms with van der Waals surface area (Å²) in [6.07, 6.45) is -0.165. The Balaban J connectivity index is 1.52. The van der Waals surface area contributed by atoms with Crippen LogP contribution in [0.1, 0.15) is 28.4 Å². The molecule has 0 aliphatic carbocycles. The van der Waals surface area contributed by atoms with Gasteiger partial charge in [0, 0.05) is 36.7 Å². The van der Waals surface area contributed by atoms with Gasteiger partial charge in [-0.3, -0.25) is 9.59 Å². The SMILES string of the molecule is Cn1c(=O)c(C(=O)C[C@@H](Nc2ccc([NH+]([O-])O)cc2)c2ccc3c(c2)OCO3)c(O)c2ccccc21. The standard InChI is InChI=1S/C26H23N3O7/c1-28-20-5-3-2-4-18(20)25(31)24(26(28)32)21(30)13-19(15-6-11-22-23(12-15)36-14-35-22)27-16-7-9-17(10-8-16)29(33)34/h2-12,19,27,29,31,33H,13-14H2,1H3/t19-/m1/s1. The average molecular weight is 489 g/mol. The molecule has 10 heteroatoms. The largest absolute Gasteiger partial charge is 0.595 e. The van der Waals surface area contributed by atoms with E-state index in [0.29, 0.717) is 33.7 Å². The Morgan fingerprint density at radius 2 is 1.83 bits per heavy atom. The molecular formula is C26H23N3O7. The minimum atomic E-state index is -1.05. The highest BCUT2D eigenvalue weighted by Gasteiger charge is 2.26. The topological polar surface area (TPSA) is 138 Å². The van der Waals surface area contributed by atoms with Crippen LogP contribution in [0.3, 0.4) is 0 Å². The minimum absolute atomic E-state index is 0.0907. The van der Waals surface area contributed by atoms with Gasteiger partial charge in [0.05, 0.1) is 11.6 Å². The van der Waals surface area contributed by atoms with Crippen LogP contribution in [0.5, 0.6) is 17.2 Å². The fourth-order valence-electron chi connectivity index (χ4n) is 4.31. The Hall–Kier alpha value is -4.38. The number of nitrogens with one attached hydrogen (secondary N) is 2. The van der Waals surface area contributed by atoms with Crippen molar-refractivity contribution in [3.63, 3.8) is 0 Å². The van der Waals surface area contributed by atoms with Gasteiger partial charge in [-0.15, -0.1) is 0 Å². The van der Waals surface area contributed by atoms with Crippen LogP contribution in [0.25, 0.3) is 10.9 Å². The molecule has 1 aromatic heterocycles. The maximum absolute atomic E-state index is 13.5. The molecular weight excluding hydrogens is 466 g/mol. The molecule has 0 fully saturated rings. The number of hydrogen-bond donors (Lipinski definition) is 4. The van der Waals surface area contributed by atoms with Gasteiger partial charge in [-0.25, -0.2) is 5.21 Å². The molecule has 0 radical (unpaired) electrons. The van der Waals surface area contributed by atoms with E-state index < -0.39 is 22.6 Å². The summed E-state index contributed by atoms with van der Waals surface area (Å²) >= 11 is 0. The zero-order chi connectivity index (χ0) is 25.4. The van der Waals surface area contributed by atoms with E-state index in [2.05, 4.69) is 5.32 Å². The van der Waals surface area contributed by atoms with Crippen molar-refractivity contribution in [1.82, 2.24) is 4.57 Å². The van der Waals surface area contributed by atoms with Crippen LogP contribution in [0.4, 0.5) is 11.4 Å². The summed E-state index contributed by atoms with van der Waals surface area (Å²) in [5, 5.41) is 33.8. The number of nitrogens with zero attached hydrogens (tertiary/aromatic N) is 1. The highest BCUT2D eigenvalue weighted by Crippen LogP contribution is 2.37. The molecule has 2 atom stereocenters. The highest BCUT2D eigenvalue weighted by molar-refractivity contribution is 6.03. The summed E-state index contributed by atoms with van der Waals surface area (Å²) in [4.78, 5) is 26.5. The monoisotopic (exact) mass is 489 g/mol. The first kappa shape index (κ1) is 23.4. The van der Waals surface area contributed by atoms with E-state index in [1.54, 1.807) is 61.6 Å². The Morgan fingerprint density at radius 1 is 1.11 bits per heavy atom. The summed E-state index contributed by atoms with van der Waals surface area (Å²) < 4.78 is 12.2. The number of rotatable bonds is 7. The normalized spacial score (nSPS) is 14.0. The molecule has 5 rings (SSSR count). The number of carbonyl (C=O) groups excluding carboxylic acids is 1. The fourth-order valence-corrected chi connectivity index (χ4v) is 4.31. The number of aryl methyl sites for hydroxylation is 1. The quantitative estimate of drug-likeness (QED) is 0.230. The highest BCUT2D eigenvalue weighted by atomic mass is 16.8. The van der Waals surface area contributed by atoms with E-state index >= 15 is 0 Å². The van der Waals surface area contributed by atoms with Gasteiger partial charge in [-0.2, -0.15) is 5.23 Å². The zero-order valence-electron chi connectivity index (χ0n) is 19.2. The number of benzene rings is 3. The summed E-state index contributed by atoms with van der Waals surface area (Å²) in [6.45, 7) is 0.0907. The predicted molar refractivity (Wildman–Crippen MR) is 131 cm³/mol. The third-order valence-electron chi connectivity index (χ3n) is 6.22. The van der Waals surface area contributed by atoms with E-state index in [1.165, 1.54) is 16.7 Å². The number of para-hydroxylation sites is 1. The molecule has 184 valence electrons. The van der Waals surface area contributed by atoms with E-state index in [9.17, 15) is 25.1 Å². The summed E-state index contributed by atoms with van der Waals surface area (Å²) in [7, 11) is 1.55. The molecule has 10 nitrogen and oxygen atoms in total. The molecule has 0 amide bonds. The second-order valence-electron chi connectivity index (χ2n) is 8.42. The van der Waals surface area contributed by atoms with Crippen molar-refractivity contribution < 1.29 is 29.8 Å². The first-order chi connectivity index (χ1) is 17.3. The molecule has 0 bridgehead atoms. The van der Waals surface area contributed by atoms with Gasteiger partial charge in [0.25, 0.3) is 5.56 Å². The number of ketones is 1. The number of aromatic hydroxyl groups is 1. The lowest BCUT2D eigenvalue weighted by Crippen LogP contribution is -2.99. The number of ether oxygens (including phenoxy) is 2. The van der Waals surface area contributed by atoms with Crippen molar-refractivity contribution in [1.29, 1.82) is 0 Å². The third kappa shape index (κ3) is 4.24. The van der Waals surface area contributed by atoms with E-state index in [0.717, 1.165) is 0 Å². The first-order valence-electron chi connectivity index (χ1n) is 11.2. The van der Waals surface area contributed by atoms with Crippen molar-refractivity contribution in [2.45, 2.75) is 12.5 Å². The van der Waals surface area contributed by atoms with Crippen LogP contribution in [0.2, 0.25) is 0 Å². The first-order valence-corrected chi connectivity index (χ1v) is 11.2. The van der Waals surface area contributed by atoms with E-state index in [4.69, 9.17) is 9.47 Å². The van der Waals surface area contributed by atoms with Crippen LogP contribution < -0.4 is 25.6 Å². The molecule has 36 heavy (non-hydrogen) atoms. The Bertz CT molecular complexity index is 1510. The van der Waals surface area contributed by atoms with Gasteiger partial charge < -0.3 is 29.7 Å². The predicted octanol–water partition coefficient (Wildman–Crippen LogP) is 2.80. The number of Topliss-reactive ketones (excluding diaryl/α,β-unsaturated/α-hetero) is 1. The second kappa shape index (κ2) is 9.34. The van der Waals surface area contributed by atoms with Gasteiger partial charge in [0.1, 0.15) is 11.3 Å². The smallest absolute Gasteiger partial charge is 0.265 e. The minimum Gasteiger partial charge on any atom is -0.595 e. The van der Waals surface area contributed by atoms with Crippen LogP contribution in [0.15, 0.2) is 71.5 Å². The number of carbonyl (C=O) groups is 1. The molecule has 4 aromatic rings. The molecule has 0 spiro atoms. The number of hydrogen-bond acceptors (Lipinski definition) is 8. The number of fused-ring (bicyclic) bond motifs is 2. The summed E-state index contributed by atoms with van der Waals surface area (Å²) in [5.41, 5.74) is 1.02. The van der Waals surface area contributed by atoms with Crippen molar-refractivity contribution in [2.24, 2.45) is 7.05 Å². The Labute approximate surface area is 205 Å². The Morgan fingerprint density at radius 3 is 2.58 bits per heavy atom. The summed E-state index contributed by atoms with van der Waals surface area (Å²) in [6, 6.07) is 17.6. The van der Waals surface area contributed by atoms with Gasteiger partial charge in [0.2, 0.25) is 6.79 Å². The lowest BCUT2D eigenvalue weighted by atomic mass is 9.96. The van der Waals surface area contributed by atoms with Crippen LogP contribution in [-0.4, -0.2) is 27.5 Å². The van der Waals surface area contributed by atoms with Crippen molar-refractivity contribution in [3.05, 3.63) is 93.4 Å². The van der Waals surface area contributed by atoms with Gasteiger partial charge in [0.15, 0.2) is 23.0 Å². The molecule has 2 heterocycles. The molecule has 3 aromatic carbocycles. The Kier molecular flexibility index (Phi) is 6.06. The lowest BCUT2D eigenvalue weighted by Gasteiger charge is -2.21.